The molecule has 0 saturated heterocycles. The Hall–Kier alpha value is -0.980. The molecule has 7 heteroatoms. The lowest BCUT2D eigenvalue weighted by atomic mass is 10.2. The Labute approximate surface area is 134 Å². The fraction of sp³-hybridized carbons (Fsp3) is 0.231. The molecule has 0 fully saturated rings. The Balaban J connectivity index is 2.19. The van der Waals surface area contributed by atoms with Crippen molar-refractivity contribution in [2.75, 3.05) is 0 Å². The van der Waals surface area contributed by atoms with Crippen LogP contribution in [-0.2, 0) is 12.8 Å². The molecule has 0 unspecified atom stereocenters. The van der Waals surface area contributed by atoms with Gasteiger partial charge in [-0.3, -0.25) is 4.68 Å². The van der Waals surface area contributed by atoms with Crippen LogP contribution in [0.25, 0.3) is 0 Å². The topological polar surface area (TPSA) is 55.1 Å². The third-order valence-corrected chi connectivity index (χ3v) is 5.17. The molecule has 0 aliphatic heterocycles. The summed E-state index contributed by atoms with van der Waals surface area (Å²) in [7, 11) is 1.89. The molecular weight excluding hydrogens is 364 g/mol. The highest BCUT2D eigenvalue weighted by molar-refractivity contribution is 9.10. The Morgan fingerprint density at radius 3 is 2.80 bits per heavy atom. The molecular formula is C13H12BrClN2O2S. The number of halogens is 2. The monoisotopic (exact) mass is 374 g/mol. The number of carboxylic acid groups (broad SMARTS) is 1. The van der Waals surface area contributed by atoms with Gasteiger partial charge >= 0.3 is 5.97 Å². The summed E-state index contributed by atoms with van der Waals surface area (Å²) in [4.78, 5) is 11.9. The smallest absolute Gasteiger partial charge is 0.337 e. The fourth-order valence-corrected chi connectivity index (χ4v) is 3.61. The standard InChI is InChI=1S/C13H12BrClN2O2S/c1-7-12(14)11(17(2)16-7)6-20-8-3-4-10(15)9(5-8)13(18)19/h3-5H,6H2,1-2H3,(H,18,19). The van der Waals surface area contributed by atoms with E-state index in [0.29, 0.717) is 5.75 Å². The molecule has 2 rings (SSSR count). The van der Waals surface area contributed by atoms with Crippen molar-refractivity contribution >= 4 is 45.3 Å². The molecule has 1 aromatic heterocycles. The van der Waals surface area contributed by atoms with Crippen LogP contribution in [0, 0.1) is 6.92 Å². The van der Waals surface area contributed by atoms with Crippen LogP contribution in [0.15, 0.2) is 27.6 Å². The van der Waals surface area contributed by atoms with Crippen molar-refractivity contribution in [1.29, 1.82) is 0 Å². The van der Waals surface area contributed by atoms with Gasteiger partial charge in [-0.15, -0.1) is 11.8 Å². The first kappa shape index (κ1) is 15.4. The number of benzene rings is 1. The highest BCUT2D eigenvalue weighted by Gasteiger charge is 2.13. The van der Waals surface area contributed by atoms with E-state index in [1.165, 1.54) is 0 Å². The number of nitrogens with zero attached hydrogens (tertiary/aromatic N) is 2. The molecule has 0 radical (unpaired) electrons. The summed E-state index contributed by atoms with van der Waals surface area (Å²) in [5.74, 6) is -0.325. The average Bonchev–Trinajstić information content (AvgIpc) is 2.62. The van der Waals surface area contributed by atoms with E-state index in [-0.39, 0.29) is 10.6 Å². The Kier molecular flexibility index (Phi) is 4.78. The Morgan fingerprint density at radius 2 is 2.25 bits per heavy atom. The van der Waals surface area contributed by atoms with Crippen LogP contribution < -0.4 is 0 Å². The third kappa shape index (κ3) is 3.19. The van der Waals surface area contributed by atoms with Crippen LogP contribution in [0.3, 0.4) is 0 Å². The summed E-state index contributed by atoms with van der Waals surface area (Å²) in [6.45, 7) is 1.93. The second kappa shape index (κ2) is 6.20. The van der Waals surface area contributed by atoms with Crippen molar-refractivity contribution < 1.29 is 9.90 Å². The molecule has 0 bridgehead atoms. The molecule has 0 amide bonds. The zero-order valence-corrected chi connectivity index (χ0v) is 14.0. The average molecular weight is 376 g/mol. The van der Waals surface area contributed by atoms with E-state index in [1.807, 2.05) is 24.7 Å². The van der Waals surface area contributed by atoms with E-state index < -0.39 is 5.97 Å². The molecule has 20 heavy (non-hydrogen) atoms. The van der Waals surface area contributed by atoms with Crippen LogP contribution >= 0.6 is 39.3 Å². The normalized spacial score (nSPS) is 10.8. The second-order valence-corrected chi connectivity index (χ2v) is 6.45. The molecule has 0 atom stereocenters. The third-order valence-electron chi connectivity index (χ3n) is 2.81. The van der Waals surface area contributed by atoms with E-state index in [4.69, 9.17) is 16.7 Å². The molecule has 2 aromatic rings. The number of carboxylic acids is 1. The Bertz CT molecular complexity index is 673. The van der Waals surface area contributed by atoms with Gasteiger partial charge in [-0.2, -0.15) is 5.10 Å². The van der Waals surface area contributed by atoms with Gasteiger partial charge in [0.25, 0.3) is 0 Å². The van der Waals surface area contributed by atoms with Gasteiger partial charge in [0.1, 0.15) is 0 Å². The summed E-state index contributed by atoms with van der Waals surface area (Å²) < 4.78 is 2.81. The number of aromatic carboxylic acids is 1. The Morgan fingerprint density at radius 1 is 1.55 bits per heavy atom. The highest BCUT2D eigenvalue weighted by atomic mass is 79.9. The molecule has 0 aliphatic rings. The number of hydrogen-bond donors (Lipinski definition) is 1. The number of aromatic nitrogens is 2. The summed E-state index contributed by atoms with van der Waals surface area (Å²) >= 11 is 10.9. The SMILES string of the molecule is Cc1nn(C)c(CSc2ccc(Cl)c(C(=O)O)c2)c1Br. The highest BCUT2D eigenvalue weighted by Crippen LogP contribution is 2.30. The van der Waals surface area contributed by atoms with Crippen LogP contribution in [0.1, 0.15) is 21.7 Å². The maximum absolute atomic E-state index is 11.0. The lowest BCUT2D eigenvalue weighted by Crippen LogP contribution is -1.98. The quantitative estimate of drug-likeness (QED) is 0.816. The van der Waals surface area contributed by atoms with E-state index in [0.717, 1.165) is 20.8 Å². The maximum Gasteiger partial charge on any atom is 0.337 e. The number of hydrogen-bond acceptors (Lipinski definition) is 3. The summed E-state index contributed by atoms with van der Waals surface area (Å²) in [6.07, 6.45) is 0. The molecule has 106 valence electrons. The minimum atomic E-state index is -1.02. The van der Waals surface area contributed by atoms with Crippen molar-refractivity contribution in [3.63, 3.8) is 0 Å². The van der Waals surface area contributed by atoms with Gasteiger partial charge < -0.3 is 5.11 Å². The van der Waals surface area contributed by atoms with E-state index in [9.17, 15) is 4.79 Å². The molecule has 0 saturated carbocycles. The maximum atomic E-state index is 11.0. The van der Waals surface area contributed by atoms with Crippen LogP contribution in [0.4, 0.5) is 0 Å². The largest absolute Gasteiger partial charge is 0.478 e. The number of thioether (sulfide) groups is 1. The summed E-state index contributed by atoms with van der Waals surface area (Å²) in [5, 5.41) is 13.6. The number of carbonyl (C=O) groups is 1. The second-order valence-electron chi connectivity index (χ2n) is 4.21. The van der Waals surface area contributed by atoms with E-state index in [2.05, 4.69) is 21.0 Å². The van der Waals surface area contributed by atoms with Gasteiger partial charge in [0.2, 0.25) is 0 Å². The predicted octanol–water partition coefficient (Wildman–Crippen LogP) is 4.13. The van der Waals surface area contributed by atoms with Crippen molar-refractivity contribution in [3.8, 4) is 0 Å². The first-order valence-corrected chi connectivity index (χ1v) is 7.89. The van der Waals surface area contributed by atoms with Gasteiger partial charge in [0, 0.05) is 17.7 Å². The minimum absolute atomic E-state index is 0.122. The van der Waals surface area contributed by atoms with Gasteiger partial charge in [-0.1, -0.05) is 11.6 Å². The molecule has 1 aromatic carbocycles. The van der Waals surface area contributed by atoms with Crippen molar-refractivity contribution in [2.45, 2.75) is 17.6 Å². The molecule has 0 aliphatic carbocycles. The minimum Gasteiger partial charge on any atom is -0.478 e. The van der Waals surface area contributed by atoms with Crippen molar-refractivity contribution in [1.82, 2.24) is 9.78 Å². The van der Waals surface area contributed by atoms with E-state index in [1.54, 1.807) is 23.9 Å². The first-order valence-electron chi connectivity index (χ1n) is 5.73. The van der Waals surface area contributed by atoms with Crippen molar-refractivity contribution in [3.05, 3.63) is 44.6 Å². The lowest BCUT2D eigenvalue weighted by Gasteiger charge is -2.05. The molecule has 1 N–H and O–H groups in total. The number of aryl methyl sites for hydroxylation is 2. The molecule has 1 heterocycles. The van der Waals surface area contributed by atoms with Crippen LogP contribution in [-0.4, -0.2) is 20.9 Å². The zero-order chi connectivity index (χ0) is 14.9. The van der Waals surface area contributed by atoms with Gasteiger partial charge in [-0.25, -0.2) is 4.79 Å². The van der Waals surface area contributed by atoms with Crippen molar-refractivity contribution in [2.24, 2.45) is 7.05 Å². The van der Waals surface area contributed by atoms with Gasteiger partial charge in [0.05, 0.1) is 26.4 Å². The van der Waals surface area contributed by atoms with Crippen LogP contribution in [0.5, 0.6) is 0 Å². The summed E-state index contributed by atoms with van der Waals surface area (Å²) in [6, 6.07) is 5.01. The summed E-state index contributed by atoms with van der Waals surface area (Å²) in [5.41, 5.74) is 2.11. The lowest BCUT2D eigenvalue weighted by molar-refractivity contribution is 0.0697. The zero-order valence-electron chi connectivity index (χ0n) is 10.9. The van der Waals surface area contributed by atoms with Crippen LogP contribution in [0.2, 0.25) is 5.02 Å². The number of rotatable bonds is 4. The predicted molar refractivity (Wildman–Crippen MR) is 83.6 cm³/mol. The van der Waals surface area contributed by atoms with Gasteiger partial charge in [-0.05, 0) is 41.1 Å². The fourth-order valence-electron chi connectivity index (χ4n) is 1.75. The molecule has 0 spiro atoms. The van der Waals surface area contributed by atoms with Gasteiger partial charge in [0.15, 0.2) is 0 Å². The molecule has 4 nitrogen and oxygen atoms in total. The van der Waals surface area contributed by atoms with E-state index >= 15 is 0 Å². The first-order chi connectivity index (χ1) is 9.40.